The van der Waals surface area contributed by atoms with Crippen molar-refractivity contribution in [1.29, 1.82) is 0 Å². The summed E-state index contributed by atoms with van der Waals surface area (Å²) in [5.74, 6) is 0.105. The number of hydrogen-bond donors (Lipinski definition) is 3. The van der Waals surface area contributed by atoms with Crippen LogP contribution in [0.1, 0.15) is 67.2 Å². The maximum absolute atomic E-state index is 12.0. The third-order valence-electron chi connectivity index (χ3n) is 4.01. The molecule has 1 atom stereocenters. The molecule has 0 unspecified atom stereocenters. The maximum atomic E-state index is 12.0. The molecule has 29 heavy (non-hydrogen) atoms. The van der Waals surface area contributed by atoms with Gasteiger partial charge in [-0.15, -0.1) is 0 Å². The molecule has 0 spiro atoms. The Bertz CT molecular complexity index is 635. The van der Waals surface area contributed by atoms with Crippen LogP contribution in [0.25, 0.3) is 0 Å². The fourth-order valence-corrected chi connectivity index (χ4v) is 3.40. The van der Waals surface area contributed by atoms with Crippen LogP contribution in [0.15, 0.2) is 34.9 Å². The van der Waals surface area contributed by atoms with Gasteiger partial charge in [-0.2, -0.15) is 11.8 Å². The van der Waals surface area contributed by atoms with Gasteiger partial charge >= 0.3 is 0 Å². The first-order valence-corrected chi connectivity index (χ1v) is 11.1. The minimum absolute atomic E-state index is 0.285. The van der Waals surface area contributed by atoms with Crippen LogP contribution in [-0.2, 0) is 14.4 Å². The second-order valence-electron chi connectivity index (χ2n) is 7.42. The van der Waals surface area contributed by atoms with Gasteiger partial charge < -0.3 is 5.32 Å². The number of thioether (sulfide) groups is 1. The molecule has 0 fully saturated rings. The van der Waals surface area contributed by atoms with Gasteiger partial charge in [0.2, 0.25) is 11.8 Å². The molecule has 0 aromatic carbocycles. The molecular formula is C22H37N3O3S. The molecule has 0 saturated heterocycles. The first-order chi connectivity index (χ1) is 13.6. The zero-order chi connectivity index (χ0) is 22.2. The van der Waals surface area contributed by atoms with Crippen LogP contribution in [0, 0.1) is 0 Å². The van der Waals surface area contributed by atoms with E-state index in [-0.39, 0.29) is 11.8 Å². The predicted molar refractivity (Wildman–Crippen MR) is 122 cm³/mol. The summed E-state index contributed by atoms with van der Waals surface area (Å²) >= 11 is 1.56. The molecule has 6 nitrogen and oxygen atoms in total. The van der Waals surface area contributed by atoms with Gasteiger partial charge in [-0.1, -0.05) is 34.9 Å². The van der Waals surface area contributed by atoms with Gasteiger partial charge in [-0.25, -0.2) is 0 Å². The van der Waals surface area contributed by atoms with Crippen molar-refractivity contribution in [3.05, 3.63) is 34.9 Å². The lowest BCUT2D eigenvalue weighted by Crippen LogP contribution is -2.52. The fourth-order valence-electron chi connectivity index (χ4n) is 2.39. The average molecular weight is 424 g/mol. The standard InChI is InChI=1S/C22H37N3O3S/c1-16(2)9-7-10-17(3)11-8-12-18(4)13-14-29-15-21(23-19(5)26)22(28)25-24-20(6)27/h9,11,13,21H,7-8,10,12,14-15H2,1-6H3,(H,23,26)(H,24,27)(H,25,28)/t21-/m0/s1. The Kier molecular flexibility index (Phi) is 14.7. The Morgan fingerprint density at radius 3 is 1.93 bits per heavy atom. The first-order valence-electron chi connectivity index (χ1n) is 9.97. The Morgan fingerprint density at radius 2 is 1.38 bits per heavy atom. The predicted octanol–water partition coefficient (Wildman–Crippen LogP) is 3.81. The largest absolute Gasteiger partial charge is 0.344 e. The Hall–Kier alpha value is -2.02. The van der Waals surface area contributed by atoms with Gasteiger partial charge in [0, 0.05) is 25.4 Å². The number of hydrogen-bond acceptors (Lipinski definition) is 4. The van der Waals surface area contributed by atoms with Gasteiger partial charge in [0.15, 0.2) is 0 Å². The smallest absolute Gasteiger partial charge is 0.261 e. The Labute approximate surface area is 180 Å². The lowest BCUT2D eigenvalue weighted by atomic mass is 10.1. The van der Waals surface area contributed by atoms with Crippen molar-refractivity contribution in [2.24, 2.45) is 0 Å². The third kappa shape index (κ3) is 16.6. The highest BCUT2D eigenvalue weighted by Gasteiger charge is 2.19. The molecule has 0 bridgehead atoms. The highest BCUT2D eigenvalue weighted by Crippen LogP contribution is 2.13. The third-order valence-corrected chi connectivity index (χ3v) is 4.98. The van der Waals surface area contributed by atoms with Crippen LogP contribution in [-0.4, -0.2) is 35.3 Å². The molecule has 3 N–H and O–H groups in total. The van der Waals surface area contributed by atoms with Gasteiger partial charge in [0.25, 0.3) is 5.91 Å². The zero-order valence-electron chi connectivity index (χ0n) is 18.7. The van der Waals surface area contributed by atoms with E-state index in [9.17, 15) is 14.4 Å². The summed E-state index contributed by atoms with van der Waals surface area (Å²) in [6, 6.07) is -0.690. The summed E-state index contributed by atoms with van der Waals surface area (Å²) in [7, 11) is 0. The van der Waals surface area contributed by atoms with Crippen LogP contribution < -0.4 is 16.2 Å². The van der Waals surface area contributed by atoms with Gasteiger partial charge in [0.05, 0.1) is 0 Å². The normalized spacial score (nSPS) is 12.8. The molecule has 0 rings (SSSR count). The molecule has 0 heterocycles. The average Bonchev–Trinajstić information content (AvgIpc) is 2.61. The van der Waals surface area contributed by atoms with Crippen molar-refractivity contribution >= 4 is 29.5 Å². The summed E-state index contributed by atoms with van der Waals surface area (Å²) in [6.07, 6.45) is 11.0. The minimum atomic E-state index is -0.690. The molecule has 7 heteroatoms. The Balaban J connectivity index is 4.31. The minimum Gasteiger partial charge on any atom is -0.344 e. The molecule has 0 aliphatic rings. The number of allylic oxidation sites excluding steroid dienone is 5. The maximum Gasteiger partial charge on any atom is 0.261 e. The van der Waals surface area contributed by atoms with E-state index < -0.39 is 11.9 Å². The number of hydrazine groups is 1. The van der Waals surface area contributed by atoms with Crippen molar-refractivity contribution < 1.29 is 14.4 Å². The first kappa shape index (κ1) is 27.0. The molecule has 0 aliphatic carbocycles. The van der Waals surface area contributed by atoms with Gasteiger partial charge in [-0.05, 0) is 53.4 Å². The molecule has 0 aromatic rings. The molecule has 0 aliphatic heterocycles. The van der Waals surface area contributed by atoms with E-state index in [0.717, 1.165) is 31.4 Å². The molecule has 0 radical (unpaired) electrons. The van der Waals surface area contributed by atoms with Crippen LogP contribution in [0.4, 0.5) is 0 Å². The van der Waals surface area contributed by atoms with Gasteiger partial charge in [0.1, 0.15) is 6.04 Å². The van der Waals surface area contributed by atoms with E-state index in [1.807, 2.05) is 0 Å². The summed E-state index contributed by atoms with van der Waals surface area (Å²) < 4.78 is 0. The molecule has 0 saturated carbocycles. The lowest BCUT2D eigenvalue weighted by molar-refractivity contribution is -0.130. The van der Waals surface area contributed by atoms with Crippen molar-refractivity contribution in [2.75, 3.05) is 11.5 Å². The lowest BCUT2D eigenvalue weighted by Gasteiger charge is -2.17. The van der Waals surface area contributed by atoms with E-state index in [1.165, 1.54) is 30.6 Å². The zero-order valence-corrected chi connectivity index (χ0v) is 19.5. The number of carbonyl (C=O) groups is 3. The van der Waals surface area contributed by atoms with Crippen LogP contribution >= 0.6 is 11.8 Å². The van der Waals surface area contributed by atoms with E-state index in [1.54, 1.807) is 11.8 Å². The fraction of sp³-hybridized carbons (Fsp3) is 0.591. The summed E-state index contributed by atoms with van der Waals surface area (Å²) in [4.78, 5) is 34.3. The van der Waals surface area contributed by atoms with Crippen LogP contribution in [0.3, 0.4) is 0 Å². The van der Waals surface area contributed by atoms with E-state index in [0.29, 0.717) is 5.75 Å². The van der Waals surface area contributed by atoms with Crippen LogP contribution in [0.2, 0.25) is 0 Å². The molecule has 164 valence electrons. The van der Waals surface area contributed by atoms with E-state index in [2.05, 4.69) is 62.1 Å². The van der Waals surface area contributed by atoms with Crippen molar-refractivity contribution in [1.82, 2.24) is 16.2 Å². The topological polar surface area (TPSA) is 87.3 Å². The van der Waals surface area contributed by atoms with Gasteiger partial charge in [-0.3, -0.25) is 25.2 Å². The van der Waals surface area contributed by atoms with Crippen LogP contribution in [0.5, 0.6) is 0 Å². The summed E-state index contributed by atoms with van der Waals surface area (Å²) in [5, 5.41) is 2.61. The second kappa shape index (κ2) is 15.9. The second-order valence-corrected chi connectivity index (χ2v) is 8.50. The molecule has 3 amide bonds. The van der Waals surface area contributed by atoms with E-state index in [4.69, 9.17) is 0 Å². The highest BCUT2D eigenvalue weighted by atomic mass is 32.2. The summed E-state index contributed by atoms with van der Waals surface area (Å²) in [5.41, 5.74) is 8.64. The Morgan fingerprint density at radius 1 is 0.793 bits per heavy atom. The summed E-state index contributed by atoms with van der Waals surface area (Å²) in [6.45, 7) is 11.2. The number of rotatable bonds is 12. The van der Waals surface area contributed by atoms with Crippen molar-refractivity contribution in [2.45, 2.75) is 73.3 Å². The monoisotopic (exact) mass is 423 g/mol. The van der Waals surface area contributed by atoms with Crippen molar-refractivity contribution in [3.8, 4) is 0 Å². The quantitative estimate of drug-likeness (QED) is 0.253. The highest BCUT2D eigenvalue weighted by molar-refractivity contribution is 7.99. The number of amides is 3. The van der Waals surface area contributed by atoms with E-state index >= 15 is 0 Å². The number of nitrogens with one attached hydrogen (secondary N) is 3. The molecular weight excluding hydrogens is 386 g/mol. The molecule has 0 aromatic heterocycles. The SMILES string of the molecule is CC(=O)NNC(=O)[C@H](CSCC=C(C)CCC=C(C)CCC=C(C)C)NC(C)=O. The van der Waals surface area contributed by atoms with Crippen molar-refractivity contribution in [3.63, 3.8) is 0 Å². The number of carbonyl (C=O) groups excluding carboxylic acids is 3.